The Bertz CT molecular complexity index is 1190. The van der Waals surface area contributed by atoms with Crippen LogP contribution in [0.25, 0.3) is 0 Å². The average molecular weight is 460 g/mol. The normalized spacial score (nSPS) is 28.2. The van der Waals surface area contributed by atoms with Gasteiger partial charge in [-0.3, -0.25) is 9.59 Å². The molecule has 30 heavy (non-hydrogen) atoms. The van der Waals surface area contributed by atoms with E-state index in [4.69, 9.17) is 4.74 Å². The Balaban J connectivity index is 1.60. The number of alkyl halides is 1. The standard InChI is InChI=1S/C25H18BrNO3/c1-30-15-8-6-7-14(13-15)27-23(28)21-20-16-9-2-4-11-18(16)25(26,22(21)24(27)29)19-12-5-3-10-17(19)20/h2-13,20-22H,1H3/t20?,21-,22+,25?/m1/s1. The molecule has 3 aromatic carbocycles. The molecular weight excluding hydrogens is 442 g/mol. The summed E-state index contributed by atoms with van der Waals surface area (Å²) in [5.74, 6) is -0.751. The molecule has 0 unspecified atom stereocenters. The summed E-state index contributed by atoms with van der Waals surface area (Å²) >= 11 is 4.01. The van der Waals surface area contributed by atoms with Crippen molar-refractivity contribution in [1.82, 2.24) is 0 Å². The number of nitrogens with zero attached hydrogens (tertiary/aromatic N) is 1. The fourth-order valence-corrected chi connectivity index (χ4v) is 6.89. The van der Waals surface area contributed by atoms with Crippen molar-refractivity contribution in [3.8, 4) is 5.75 Å². The minimum Gasteiger partial charge on any atom is -0.497 e. The van der Waals surface area contributed by atoms with Crippen LogP contribution < -0.4 is 9.64 Å². The molecule has 1 fully saturated rings. The number of hydrogen-bond acceptors (Lipinski definition) is 3. The van der Waals surface area contributed by atoms with Gasteiger partial charge in [0, 0.05) is 12.0 Å². The van der Waals surface area contributed by atoms with Gasteiger partial charge in [0.2, 0.25) is 11.8 Å². The van der Waals surface area contributed by atoms with Crippen molar-refractivity contribution in [2.45, 2.75) is 10.2 Å². The third-order valence-electron chi connectivity index (χ3n) is 6.83. The zero-order chi connectivity index (χ0) is 20.6. The summed E-state index contributed by atoms with van der Waals surface area (Å²) in [6.45, 7) is 0. The van der Waals surface area contributed by atoms with Crippen LogP contribution in [0.5, 0.6) is 5.75 Å². The van der Waals surface area contributed by atoms with Crippen molar-refractivity contribution in [3.05, 3.63) is 95.1 Å². The van der Waals surface area contributed by atoms with Crippen molar-refractivity contribution < 1.29 is 14.3 Å². The average Bonchev–Trinajstić information content (AvgIpc) is 3.06. The molecule has 0 spiro atoms. The van der Waals surface area contributed by atoms with E-state index in [0.717, 1.165) is 22.3 Å². The van der Waals surface area contributed by atoms with E-state index >= 15 is 0 Å². The number of ether oxygens (including phenoxy) is 1. The van der Waals surface area contributed by atoms with Crippen molar-refractivity contribution >= 4 is 33.4 Å². The second kappa shape index (κ2) is 6.05. The number of halogens is 1. The van der Waals surface area contributed by atoms with Gasteiger partial charge in [0.1, 0.15) is 5.75 Å². The first-order valence-electron chi connectivity index (χ1n) is 9.97. The first-order chi connectivity index (χ1) is 14.6. The molecule has 3 aromatic rings. The van der Waals surface area contributed by atoms with Crippen molar-refractivity contribution in [2.75, 3.05) is 12.0 Å². The predicted molar refractivity (Wildman–Crippen MR) is 117 cm³/mol. The molecule has 4 nitrogen and oxygen atoms in total. The maximum absolute atomic E-state index is 13.8. The van der Waals surface area contributed by atoms with Crippen molar-refractivity contribution in [3.63, 3.8) is 0 Å². The molecule has 2 bridgehead atoms. The van der Waals surface area contributed by atoms with Crippen molar-refractivity contribution in [1.29, 1.82) is 0 Å². The topological polar surface area (TPSA) is 46.6 Å². The zero-order valence-electron chi connectivity index (χ0n) is 16.2. The van der Waals surface area contributed by atoms with E-state index in [1.54, 1.807) is 25.3 Å². The van der Waals surface area contributed by atoms with Crippen LogP contribution in [0.4, 0.5) is 5.69 Å². The van der Waals surface area contributed by atoms with Gasteiger partial charge in [-0.1, -0.05) is 70.5 Å². The van der Waals surface area contributed by atoms with Gasteiger partial charge in [0.25, 0.3) is 0 Å². The Morgan fingerprint density at radius 2 is 1.50 bits per heavy atom. The molecule has 5 heteroatoms. The molecular formula is C25H18BrNO3. The molecule has 0 aromatic heterocycles. The number of imide groups is 1. The highest BCUT2D eigenvalue weighted by Gasteiger charge is 2.67. The van der Waals surface area contributed by atoms with Crippen LogP contribution in [0.1, 0.15) is 28.2 Å². The van der Waals surface area contributed by atoms with Crippen LogP contribution in [0, 0.1) is 11.8 Å². The quantitative estimate of drug-likeness (QED) is 0.415. The van der Waals surface area contributed by atoms with Gasteiger partial charge in [-0.2, -0.15) is 0 Å². The van der Waals surface area contributed by atoms with E-state index < -0.39 is 16.2 Å². The fraction of sp³-hybridized carbons (Fsp3) is 0.200. The lowest BCUT2D eigenvalue weighted by molar-refractivity contribution is -0.122. The van der Waals surface area contributed by atoms with E-state index in [9.17, 15) is 9.59 Å². The Morgan fingerprint density at radius 1 is 0.867 bits per heavy atom. The van der Waals surface area contributed by atoms with Crippen LogP contribution in [0.15, 0.2) is 72.8 Å². The first-order valence-corrected chi connectivity index (χ1v) is 10.8. The van der Waals surface area contributed by atoms with Gasteiger partial charge in [-0.15, -0.1) is 0 Å². The third-order valence-corrected chi connectivity index (χ3v) is 8.17. The summed E-state index contributed by atoms with van der Waals surface area (Å²) in [5.41, 5.74) is 4.99. The number of methoxy groups -OCH3 is 1. The molecule has 2 amide bonds. The van der Waals surface area contributed by atoms with Crippen LogP contribution in [-0.2, 0) is 13.9 Å². The second-order valence-corrected chi connectivity index (χ2v) is 9.33. The summed E-state index contributed by atoms with van der Waals surface area (Å²) in [6.07, 6.45) is 0. The van der Waals surface area contributed by atoms with Gasteiger partial charge in [-0.25, -0.2) is 4.90 Å². The number of hydrogen-bond donors (Lipinski definition) is 0. The molecule has 7 rings (SSSR count). The van der Waals surface area contributed by atoms with E-state index in [1.807, 2.05) is 30.3 Å². The molecule has 0 radical (unpaired) electrons. The number of anilines is 1. The number of benzene rings is 3. The third kappa shape index (κ3) is 2.01. The first kappa shape index (κ1) is 17.9. The van der Waals surface area contributed by atoms with E-state index in [2.05, 4.69) is 40.2 Å². The number of amides is 2. The van der Waals surface area contributed by atoms with Gasteiger partial charge in [-0.05, 0) is 34.4 Å². The van der Waals surface area contributed by atoms with Crippen LogP contribution in [0.3, 0.4) is 0 Å². The number of carbonyl (C=O) groups excluding carboxylic acids is 2. The summed E-state index contributed by atoms with van der Waals surface area (Å²) in [7, 11) is 1.58. The summed E-state index contributed by atoms with van der Waals surface area (Å²) in [5, 5.41) is 0. The molecule has 2 atom stereocenters. The highest BCUT2D eigenvalue weighted by molar-refractivity contribution is 9.09. The lowest BCUT2D eigenvalue weighted by Crippen LogP contribution is -2.50. The Kier molecular flexibility index (Phi) is 3.61. The van der Waals surface area contributed by atoms with Crippen molar-refractivity contribution in [2.24, 2.45) is 11.8 Å². The van der Waals surface area contributed by atoms with Gasteiger partial charge in [0.15, 0.2) is 0 Å². The van der Waals surface area contributed by atoms with Crippen LogP contribution in [0.2, 0.25) is 0 Å². The summed E-state index contributed by atoms with van der Waals surface area (Å²) in [6, 6.07) is 23.5. The largest absolute Gasteiger partial charge is 0.497 e. The lowest BCUT2D eigenvalue weighted by Gasteiger charge is -2.51. The number of carbonyl (C=O) groups is 2. The molecule has 4 aliphatic rings. The Hall–Kier alpha value is -2.92. The van der Waals surface area contributed by atoms with E-state index in [-0.39, 0.29) is 17.7 Å². The Labute approximate surface area is 182 Å². The molecule has 1 saturated heterocycles. The molecule has 0 saturated carbocycles. The zero-order valence-corrected chi connectivity index (χ0v) is 17.8. The Morgan fingerprint density at radius 3 is 2.13 bits per heavy atom. The molecule has 148 valence electrons. The minimum atomic E-state index is -0.722. The smallest absolute Gasteiger partial charge is 0.239 e. The minimum absolute atomic E-state index is 0.131. The van der Waals surface area contributed by atoms with Crippen LogP contribution in [-0.4, -0.2) is 18.9 Å². The summed E-state index contributed by atoms with van der Waals surface area (Å²) < 4.78 is 4.60. The maximum Gasteiger partial charge on any atom is 0.239 e. The predicted octanol–water partition coefficient (Wildman–Crippen LogP) is 4.60. The molecule has 1 heterocycles. The monoisotopic (exact) mass is 459 g/mol. The lowest BCUT2D eigenvalue weighted by atomic mass is 9.55. The summed E-state index contributed by atoms with van der Waals surface area (Å²) in [4.78, 5) is 28.9. The molecule has 0 N–H and O–H groups in total. The van der Waals surface area contributed by atoms with E-state index in [0.29, 0.717) is 11.4 Å². The van der Waals surface area contributed by atoms with Gasteiger partial charge >= 0.3 is 0 Å². The van der Waals surface area contributed by atoms with E-state index in [1.165, 1.54) is 4.90 Å². The second-order valence-electron chi connectivity index (χ2n) is 8.08. The van der Waals surface area contributed by atoms with Gasteiger partial charge in [0.05, 0.1) is 29.0 Å². The molecule has 3 aliphatic carbocycles. The highest BCUT2D eigenvalue weighted by Crippen LogP contribution is 2.66. The fourth-order valence-electron chi connectivity index (χ4n) is 5.68. The number of rotatable bonds is 2. The maximum atomic E-state index is 13.8. The SMILES string of the molecule is COc1cccc(N2C(=O)[C@@H]3C4c5ccccc5C(Br)(c5ccccc54)[C@@H]3C2=O)c1. The van der Waals surface area contributed by atoms with Gasteiger partial charge < -0.3 is 4.74 Å². The van der Waals surface area contributed by atoms with Crippen LogP contribution >= 0.6 is 15.9 Å². The highest BCUT2D eigenvalue weighted by atomic mass is 79.9. The molecule has 1 aliphatic heterocycles.